The maximum Gasteiger partial charge on any atom is 0.254 e. The van der Waals surface area contributed by atoms with Crippen LogP contribution in [0.1, 0.15) is 51.6 Å². The summed E-state index contributed by atoms with van der Waals surface area (Å²) in [6.07, 6.45) is 3.15. The highest BCUT2D eigenvalue weighted by molar-refractivity contribution is 6.09. The number of pyridine rings is 1. The van der Waals surface area contributed by atoms with Crippen molar-refractivity contribution in [1.29, 1.82) is 0 Å². The zero-order chi connectivity index (χ0) is 26.1. The Morgan fingerprint density at radius 3 is 2.24 bits per heavy atom. The smallest absolute Gasteiger partial charge is 0.254 e. The number of piperazine rings is 1. The van der Waals surface area contributed by atoms with Gasteiger partial charge < -0.3 is 24.3 Å². The van der Waals surface area contributed by atoms with Crippen LogP contribution < -0.4 is 9.80 Å². The van der Waals surface area contributed by atoms with Gasteiger partial charge >= 0.3 is 0 Å². The lowest BCUT2D eigenvalue weighted by Gasteiger charge is -2.36. The van der Waals surface area contributed by atoms with E-state index < -0.39 is 0 Å². The Kier molecular flexibility index (Phi) is 7.15. The molecule has 1 aromatic heterocycles. The van der Waals surface area contributed by atoms with E-state index in [2.05, 4.69) is 22.9 Å². The molecule has 0 bridgehead atoms. The molecule has 9 nitrogen and oxygen atoms in total. The number of aromatic nitrogens is 1. The summed E-state index contributed by atoms with van der Waals surface area (Å²) in [6.45, 7) is 10.5. The van der Waals surface area contributed by atoms with Gasteiger partial charge in [-0.3, -0.25) is 14.4 Å². The monoisotopic (exact) mass is 505 g/mol. The average molecular weight is 506 g/mol. The molecular formula is C28H35N5O4. The number of nitrogens with zero attached hydrogens (tertiary/aromatic N) is 5. The van der Waals surface area contributed by atoms with Crippen LogP contribution >= 0.6 is 0 Å². The molecule has 5 rings (SSSR count). The second kappa shape index (κ2) is 10.5. The van der Waals surface area contributed by atoms with E-state index >= 15 is 0 Å². The number of carbonyl (C=O) groups is 3. The van der Waals surface area contributed by atoms with Gasteiger partial charge in [0.15, 0.2) is 0 Å². The molecule has 0 radical (unpaired) electrons. The minimum atomic E-state index is -0.189. The zero-order valence-electron chi connectivity index (χ0n) is 21.9. The standard InChI is InChI=1S/C28H35N5O4/c1-19-16-20(2)26(29-18-19)30-8-10-31(11-9-30)27(35)23-6-5-22(33-21(3)4-7-25(33)34)17-24(23)28(36)32-12-14-37-15-13-32/h5-6,16-18,21H,4,7-15H2,1-3H3. The fourth-order valence-electron chi connectivity index (χ4n) is 5.54. The van der Waals surface area contributed by atoms with Crippen LogP contribution in [-0.2, 0) is 9.53 Å². The quantitative estimate of drug-likeness (QED) is 0.635. The Bertz CT molecular complexity index is 1200. The molecule has 3 amide bonds. The molecule has 196 valence electrons. The third-order valence-electron chi connectivity index (χ3n) is 7.58. The molecule has 3 saturated heterocycles. The molecule has 37 heavy (non-hydrogen) atoms. The van der Waals surface area contributed by atoms with Gasteiger partial charge in [0.25, 0.3) is 11.8 Å². The van der Waals surface area contributed by atoms with Crippen LogP contribution in [0.2, 0.25) is 0 Å². The van der Waals surface area contributed by atoms with Crippen LogP contribution in [0.5, 0.6) is 0 Å². The van der Waals surface area contributed by atoms with Crippen molar-refractivity contribution in [3.8, 4) is 0 Å². The third kappa shape index (κ3) is 5.05. The SMILES string of the molecule is Cc1cnc(N2CCN(C(=O)c3ccc(N4C(=O)CCC4C)cc3C(=O)N3CCOCC3)CC2)c(C)c1. The number of ether oxygens (including phenoxy) is 1. The van der Waals surface area contributed by atoms with Crippen LogP contribution in [0.4, 0.5) is 11.5 Å². The van der Waals surface area contributed by atoms with Gasteiger partial charge in [-0.2, -0.15) is 0 Å². The van der Waals surface area contributed by atoms with E-state index in [-0.39, 0.29) is 23.8 Å². The lowest BCUT2D eigenvalue weighted by Crippen LogP contribution is -2.49. The van der Waals surface area contributed by atoms with E-state index in [1.165, 1.54) is 0 Å². The Balaban J connectivity index is 1.39. The van der Waals surface area contributed by atoms with Crippen molar-refractivity contribution in [2.24, 2.45) is 0 Å². The Morgan fingerprint density at radius 2 is 1.59 bits per heavy atom. The summed E-state index contributed by atoms with van der Waals surface area (Å²) in [7, 11) is 0. The lowest BCUT2D eigenvalue weighted by molar-refractivity contribution is -0.117. The highest BCUT2D eigenvalue weighted by Gasteiger charge is 2.33. The van der Waals surface area contributed by atoms with Gasteiger partial charge in [0.1, 0.15) is 5.82 Å². The van der Waals surface area contributed by atoms with E-state index in [9.17, 15) is 14.4 Å². The molecule has 2 aromatic rings. The van der Waals surface area contributed by atoms with Crippen molar-refractivity contribution in [3.05, 3.63) is 52.7 Å². The number of hydrogen-bond acceptors (Lipinski definition) is 6. The molecule has 3 aliphatic heterocycles. The minimum Gasteiger partial charge on any atom is -0.378 e. The van der Waals surface area contributed by atoms with Gasteiger partial charge in [0.2, 0.25) is 5.91 Å². The van der Waals surface area contributed by atoms with Crippen LogP contribution in [0.15, 0.2) is 30.5 Å². The summed E-state index contributed by atoms with van der Waals surface area (Å²) < 4.78 is 5.42. The molecule has 9 heteroatoms. The number of morpholine rings is 1. The molecule has 0 aliphatic carbocycles. The highest BCUT2D eigenvalue weighted by Crippen LogP contribution is 2.30. The van der Waals surface area contributed by atoms with Crippen molar-refractivity contribution in [2.75, 3.05) is 62.3 Å². The van der Waals surface area contributed by atoms with E-state index in [1.807, 2.05) is 24.9 Å². The first-order chi connectivity index (χ1) is 17.8. The topological polar surface area (TPSA) is 86.3 Å². The summed E-state index contributed by atoms with van der Waals surface area (Å²) >= 11 is 0. The number of anilines is 2. The molecular weight excluding hydrogens is 470 g/mol. The first-order valence-electron chi connectivity index (χ1n) is 13.1. The molecule has 0 N–H and O–H groups in total. The van der Waals surface area contributed by atoms with E-state index in [1.54, 1.807) is 28.0 Å². The van der Waals surface area contributed by atoms with Gasteiger partial charge in [-0.1, -0.05) is 6.07 Å². The van der Waals surface area contributed by atoms with Crippen molar-refractivity contribution in [3.63, 3.8) is 0 Å². The number of carbonyl (C=O) groups excluding carboxylic acids is 3. The molecule has 0 saturated carbocycles. The fraction of sp³-hybridized carbons (Fsp3) is 0.500. The lowest BCUT2D eigenvalue weighted by atomic mass is 10.0. The maximum absolute atomic E-state index is 13.7. The molecule has 3 fully saturated rings. The fourth-order valence-corrected chi connectivity index (χ4v) is 5.54. The summed E-state index contributed by atoms with van der Waals surface area (Å²) in [5, 5.41) is 0. The van der Waals surface area contributed by atoms with Crippen LogP contribution in [-0.4, -0.2) is 91.0 Å². The second-order valence-electron chi connectivity index (χ2n) is 10.2. The summed E-state index contributed by atoms with van der Waals surface area (Å²) in [4.78, 5) is 52.0. The number of aryl methyl sites for hydroxylation is 2. The predicted octanol–water partition coefficient (Wildman–Crippen LogP) is 2.65. The highest BCUT2D eigenvalue weighted by atomic mass is 16.5. The first kappa shape index (κ1) is 25.2. The number of amides is 3. The van der Waals surface area contributed by atoms with Crippen molar-refractivity contribution >= 4 is 29.2 Å². The minimum absolute atomic E-state index is 0.0486. The molecule has 1 unspecified atom stereocenters. The Morgan fingerprint density at radius 1 is 0.919 bits per heavy atom. The van der Waals surface area contributed by atoms with Gasteiger partial charge in [0.05, 0.1) is 24.3 Å². The zero-order valence-corrected chi connectivity index (χ0v) is 21.9. The average Bonchev–Trinajstić information content (AvgIpc) is 3.25. The number of hydrogen-bond donors (Lipinski definition) is 0. The number of benzene rings is 1. The van der Waals surface area contributed by atoms with Gasteiger partial charge in [0, 0.05) is 63.6 Å². The predicted molar refractivity (Wildman–Crippen MR) is 141 cm³/mol. The largest absolute Gasteiger partial charge is 0.378 e. The second-order valence-corrected chi connectivity index (χ2v) is 10.2. The normalized spacial score (nSPS) is 20.5. The van der Waals surface area contributed by atoms with Crippen molar-refractivity contribution in [2.45, 2.75) is 39.7 Å². The Labute approximate surface area is 218 Å². The van der Waals surface area contributed by atoms with Gasteiger partial charge in [-0.15, -0.1) is 0 Å². The van der Waals surface area contributed by atoms with E-state index in [0.717, 1.165) is 23.4 Å². The molecule has 0 spiro atoms. The third-order valence-corrected chi connectivity index (χ3v) is 7.58. The molecule has 1 atom stereocenters. The van der Waals surface area contributed by atoms with E-state index in [0.29, 0.717) is 75.7 Å². The van der Waals surface area contributed by atoms with Crippen LogP contribution in [0.25, 0.3) is 0 Å². The first-order valence-corrected chi connectivity index (χ1v) is 13.1. The van der Waals surface area contributed by atoms with Crippen molar-refractivity contribution in [1.82, 2.24) is 14.8 Å². The van der Waals surface area contributed by atoms with E-state index in [4.69, 9.17) is 4.74 Å². The van der Waals surface area contributed by atoms with Crippen molar-refractivity contribution < 1.29 is 19.1 Å². The van der Waals surface area contributed by atoms with Crippen LogP contribution in [0.3, 0.4) is 0 Å². The molecule has 3 aliphatic rings. The summed E-state index contributed by atoms with van der Waals surface area (Å²) in [6, 6.07) is 7.45. The number of rotatable bonds is 4. The van der Waals surface area contributed by atoms with Gasteiger partial charge in [-0.05, 0) is 56.5 Å². The summed E-state index contributed by atoms with van der Waals surface area (Å²) in [5.41, 5.74) is 3.67. The Hall–Kier alpha value is -3.46. The molecule has 1 aromatic carbocycles. The van der Waals surface area contributed by atoms with Gasteiger partial charge in [-0.25, -0.2) is 4.98 Å². The maximum atomic E-state index is 13.7. The van der Waals surface area contributed by atoms with Crippen LogP contribution in [0, 0.1) is 13.8 Å². The summed E-state index contributed by atoms with van der Waals surface area (Å²) in [5.74, 6) is 0.658. The molecule has 4 heterocycles.